The van der Waals surface area contributed by atoms with Crippen molar-refractivity contribution in [3.05, 3.63) is 23.8 Å². The summed E-state index contributed by atoms with van der Waals surface area (Å²) in [5.41, 5.74) is 2.61. The molecular weight excluding hydrogens is 210 g/mol. The first-order valence-electron chi connectivity index (χ1n) is 6.50. The van der Waals surface area contributed by atoms with Crippen LogP contribution in [0.4, 0.5) is 5.69 Å². The van der Waals surface area contributed by atoms with Gasteiger partial charge in [0.2, 0.25) is 0 Å². The van der Waals surface area contributed by atoms with Crippen LogP contribution < -0.4 is 10.1 Å². The maximum atomic E-state index is 5.74. The van der Waals surface area contributed by atoms with E-state index < -0.39 is 0 Å². The van der Waals surface area contributed by atoms with Gasteiger partial charge in [0.05, 0.1) is 12.3 Å². The van der Waals surface area contributed by atoms with Crippen molar-refractivity contribution < 1.29 is 4.74 Å². The molecule has 0 aromatic heterocycles. The fourth-order valence-corrected chi connectivity index (χ4v) is 1.66. The monoisotopic (exact) mass is 235 g/mol. The number of benzene rings is 1. The third kappa shape index (κ3) is 3.95. The second kappa shape index (κ2) is 5.95. The first-order chi connectivity index (χ1) is 7.99. The Bertz CT molecular complexity index is 352. The average Bonchev–Trinajstić information content (AvgIpc) is 2.26. The molecule has 1 aromatic rings. The van der Waals surface area contributed by atoms with E-state index in [0.29, 0.717) is 0 Å². The Labute approximate surface area is 105 Å². The van der Waals surface area contributed by atoms with Gasteiger partial charge in [-0.15, -0.1) is 0 Å². The quantitative estimate of drug-likeness (QED) is 0.825. The normalized spacial score (nSPS) is 11.4. The van der Waals surface area contributed by atoms with E-state index in [-0.39, 0.29) is 5.41 Å². The Morgan fingerprint density at radius 2 is 1.88 bits per heavy atom. The van der Waals surface area contributed by atoms with E-state index in [9.17, 15) is 0 Å². The molecule has 0 heterocycles. The summed E-state index contributed by atoms with van der Waals surface area (Å²) in [6, 6.07) is 6.44. The molecule has 0 aliphatic carbocycles. The lowest BCUT2D eigenvalue weighted by atomic mass is 9.87. The molecule has 96 valence electrons. The van der Waals surface area contributed by atoms with E-state index in [1.165, 1.54) is 5.56 Å². The minimum absolute atomic E-state index is 0.174. The highest BCUT2D eigenvalue weighted by Crippen LogP contribution is 2.31. The molecule has 0 bridgehead atoms. The molecule has 0 atom stereocenters. The van der Waals surface area contributed by atoms with Crippen LogP contribution >= 0.6 is 0 Å². The van der Waals surface area contributed by atoms with Crippen molar-refractivity contribution in [3.8, 4) is 5.75 Å². The van der Waals surface area contributed by atoms with Crippen LogP contribution in [0.15, 0.2) is 18.2 Å². The van der Waals surface area contributed by atoms with Gasteiger partial charge in [-0.2, -0.15) is 0 Å². The van der Waals surface area contributed by atoms with Gasteiger partial charge in [-0.05, 0) is 36.5 Å². The summed E-state index contributed by atoms with van der Waals surface area (Å²) in [6.45, 7) is 12.6. The molecule has 2 heteroatoms. The topological polar surface area (TPSA) is 21.3 Å². The fourth-order valence-electron chi connectivity index (χ4n) is 1.66. The fraction of sp³-hybridized carbons (Fsp3) is 0.600. The van der Waals surface area contributed by atoms with Gasteiger partial charge >= 0.3 is 0 Å². The molecule has 0 saturated carbocycles. The number of nitrogens with one attached hydrogen (secondary N) is 1. The van der Waals surface area contributed by atoms with Crippen molar-refractivity contribution in [2.75, 3.05) is 18.5 Å². The number of hydrogen-bond acceptors (Lipinski definition) is 2. The minimum Gasteiger partial charge on any atom is -0.491 e. The zero-order valence-electron chi connectivity index (χ0n) is 11.8. The molecule has 0 aliphatic rings. The number of hydrogen-bond donors (Lipinski definition) is 1. The van der Waals surface area contributed by atoms with Crippen molar-refractivity contribution in [1.82, 2.24) is 0 Å². The molecule has 0 spiro atoms. The molecule has 0 radical (unpaired) electrons. The third-order valence-electron chi connectivity index (χ3n) is 2.67. The van der Waals surface area contributed by atoms with Gasteiger partial charge in [0, 0.05) is 6.54 Å². The summed E-state index contributed by atoms with van der Waals surface area (Å²) in [5.74, 6) is 0.960. The van der Waals surface area contributed by atoms with Crippen LogP contribution in [0.2, 0.25) is 0 Å². The van der Waals surface area contributed by atoms with E-state index in [4.69, 9.17) is 4.74 Å². The molecule has 0 fully saturated rings. The van der Waals surface area contributed by atoms with Gasteiger partial charge in [-0.1, -0.05) is 33.8 Å². The molecule has 2 nitrogen and oxygen atoms in total. The molecule has 0 aliphatic heterocycles. The average molecular weight is 235 g/mol. The highest BCUT2D eigenvalue weighted by atomic mass is 16.5. The van der Waals surface area contributed by atoms with Gasteiger partial charge in [0.1, 0.15) is 5.75 Å². The summed E-state index contributed by atoms with van der Waals surface area (Å²) in [7, 11) is 0. The molecule has 1 N–H and O–H groups in total. The Kier molecular flexibility index (Phi) is 4.86. The van der Waals surface area contributed by atoms with Crippen molar-refractivity contribution in [3.63, 3.8) is 0 Å². The van der Waals surface area contributed by atoms with Crippen molar-refractivity contribution in [1.29, 1.82) is 0 Å². The Balaban J connectivity index is 2.99. The second-order valence-corrected chi connectivity index (χ2v) is 5.34. The van der Waals surface area contributed by atoms with Crippen LogP contribution in [0.3, 0.4) is 0 Å². The van der Waals surface area contributed by atoms with Crippen molar-refractivity contribution in [2.45, 2.75) is 46.5 Å². The van der Waals surface area contributed by atoms with E-state index in [2.05, 4.69) is 58.1 Å². The standard InChI is InChI=1S/C15H25NO/c1-6-10-17-14-9-8-12(15(3,4)5)11-13(14)16-7-2/h8-9,11,16H,6-7,10H2,1-5H3. The molecule has 1 rings (SSSR count). The summed E-state index contributed by atoms with van der Waals surface area (Å²) in [4.78, 5) is 0. The molecule has 17 heavy (non-hydrogen) atoms. The predicted octanol–water partition coefficient (Wildman–Crippen LogP) is 4.20. The van der Waals surface area contributed by atoms with Crippen LogP contribution in [0.5, 0.6) is 5.75 Å². The van der Waals surface area contributed by atoms with Crippen LogP contribution in [-0.2, 0) is 5.41 Å². The Morgan fingerprint density at radius 1 is 1.18 bits per heavy atom. The Hall–Kier alpha value is -1.18. The third-order valence-corrected chi connectivity index (χ3v) is 2.67. The number of ether oxygens (including phenoxy) is 1. The number of anilines is 1. The molecule has 0 unspecified atom stereocenters. The lowest BCUT2D eigenvalue weighted by Crippen LogP contribution is -2.12. The van der Waals surface area contributed by atoms with Gasteiger partial charge < -0.3 is 10.1 Å². The van der Waals surface area contributed by atoms with E-state index >= 15 is 0 Å². The lowest BCUT2D eigenvalue weighted by Gasteiger charge is -2.21. The van der Waals surface area contributed by atoms with Crippen molar-refractivity contribution >= 4 is 5.69 Å². The first-order valence-corrected chi connectivity index (χ1v) is 6.50. The van der Waals surface area contributed by atoms with Crippen LogP contribution in [0.1, 0.15) is 46.6 Å². The predicted molar refractivity (Wildman–Crippen MR) is 75.1 cm³/mol. The van der Waals surface area contributed by atoms with Gasteiger partial charge in [0.25, 0.3) is 0 Å². The van der Waals surface area contributed by atoms with E-state index in [1.807, 2.05) is 0 Å². The molecule has 0 saturated heterocycles. The maximum absolute atomic E-state index is 5.74. The van der Waals surface area contributed by atoms with E-state index in [0.717, 1.165) is 31.0 Å². The first kappa shape index (κ1) is 13.9. The minimum atomic E-state index is 0.174. The highest BCUT2D eigenvalue weighted by molar-refractivity contribution is 5.59. The van der Waals surface area contributed by atoms with Gasteiger partial charge in [-0.25, -0.2) is 0 Å². The van der Waals surface area contributed by atoms with Crippen LogP contribution in [0, 0.1) is 0 Å². The van der Waals surface area contributed by atoms with Gasteiger partial charge in [-0.3, -0.25) is 0 Å². The molecule has 0 amide bonds. The molecular formula is C15H25NO. The SMILES string of the molecule is CCCOc1ccc(C(C)(C)C)cc1NCC. The number of rotatable bonds is 5. The highest BCUT2D eigenvalue weighted by Gasteiger charge is 2.15. The second-order valence-electron chi connectivity index (χ2n) is 5.34. The van der Waals surface area contributed by atoms with Crippen LogP contribution in [-0.4, -0.2) is 13.2 Å². The zero-order valence-corrected chi connectivity index (χ0v) is 11.8. The summed E-state index contributed by atoms with van der Waals surface area (Å²) < 4.78 is 5.74. The zero-order chi connectivity index (χ0) is 12.9. The molecule has 1 aromatic carbocycles. The van der Waals surface area contributed by atoms with Crippen molar-refractivity contribution in [2.24, 2.45) is 0 Å². The van der Waals surface area contributed by atoms with Gasteiger partial charge in [0.15, 0.2) is 0 Å². The lowest BCUT2D eigenvalue weighted by molar-refractivity contribution is 0.318. The maximum Gasteiger partial charge on any atom is 0.142 e. The summed E-state index contributed by atoms with van der Waals surface area (Å²) in [6.07, 6.45) is 1.03. The van der Waals surface area contributed by atoms with E-state index in [1.54, 1.807) is 0 Å². The largest absolute Gasteiger partial charge is 0.491 e. The van der Waals surface area contributed by atoms with Crippen LogP contribution in [0.25, 0.3) is 0 Å². The smallest absolute Gasteiger partial charge is 0.142 e. The summed E-state index contributed by atoms with van der Waals surface area (Å²) in [5, 5.41) is 3.37. The summed E-state index contributed by atoms with van der Waals surface area (Å²) >= 11 is 0. The Morgan fingerprint density at radius 3 is 2.41 bits per heavy atom.